The van der Waals surface area contributed by atoms with Crippen molar-refractivity contribution in [3.05, 3.63) is 95.2 Å². The van der Waals surface area contributed by atoms with Crippen LogP contribution in [0.3, 0.4) is 0 Å². The van der Waals surface area contributed by atoms with Crippen LogP contribution in [0.2, 0.25) is 0 Å². The number of aromatic nitrogens is 4. The van der Waals surface area contributed by atoms with Crippen molar-refractivity contribution in [1.82, 2.24) is 19.7 Å². The number of benzene rings is 2. The van der Waals surface area contributed by atoms with Crippen molar-refractivity contribution >= 4 is 33.2 Å². The van der Waals surface area contributed by atoms with Gasteiger partial charge in [0.25, 0.3) is 0 Å². The first-order chi connectivity index (χ1) is 14.7. The Morgan fingerprint density at radius 2 is 1.73 bits per heavy atom. The molecule has 30 heavy (non-hydrogen) atoms. The van der Waals surface area contributed by atoms with Gasteiger partial charge in [-0.1, -0.05) is 58.4 Å². The molecule has 0 unspecified atom stereocenters. The van der Waals surface area contributed by atoms with Gasteiger partial charge in [0.05, 0.1) is 5.56 Å². The molecule has 6 heteroatoms. The summed E-state index contributed by atoms with van der Waals surface area (Å²) in [5.74, 6) is 0.622. The highest BCUT2D eigenvalue weighted by Crippen LogP contribution is 2.30. The lowest BCUT2D eigenvalue weighted by molar-refractivity contribution is 0.112. The molecule has 5 aromatic rings. The summed E-state index contributed by atoms with van der Waals surface area (Å²) in [6.07, 6.45) is 4.25. The summed E-state index contributed by atoms with van der Waals surface area (Å²) < 4.78 is 2.58. The van der Waals surface area contributed by atoms with E-state index in [0.717, 1.165) is 32.8 Å². The summed E-state index contributed by atoms with van der Waals surface area (Å²) in [6.45, 7) is 0. The molecule has 3 heterocycles. The van der Waals surface area contributed by atoms with E-state index in [9.17, 15) is 4.79 Å². The van der Waals surface area contributed by atoms with Gasteiger partial charge in [0.15, 0.2) is 17.8 Å². The number of carbonyl (C=O) groups excluding carboxylic acids is 1. The summed E-state index contributed by atoms with van der Waals surface area (Å²) in [5, 5.41) is 5.67. The molecule has 2 aromatic carbocycles. The molecule has 0 bridgehead atoms. The van der Waals surface area contributed by atoms with Crippen molar-refractivity contribution < 1.29 is 4.79 Å². The summed E-state index contributed by atoms with van der Waals surface area (Å²) >= 11 is 3.48. The Balaban J connectivity index is 1.76. The number of nitrogens with zero attached hydrogens (tertiary/aromatic N) is 4. The Morgan fingerprint density at radius 3 is 2.53 bits per heavy atom. The number of carbonyl (C=O) groups is 1. The molecular weight excluding hydrogens is 440 g/mol. The number of aldehydes is 1. The van der Waals surface area contributed by atoms with E-state index in [-0.39, 0.29) is 0 Å². The average Bonchev–Trinajstić information content (AvgIpc) is 3.23. The highest BCUT2D eigenvalue weighted by molar-refractivity contribution is 9.10. The Kier molecular flexibility index (Phi) is 4.69. The number of hydrogen-bond acceptors (Lipinski definition) is 4. The van der Waals surface area contributed by atoms with Crippen LogP contribution in [0.4, 0.5) is 0 Å². The van der Waals surface area contributed by atoms with Gasteiger partial charge in [-0.2, -0.15) is 5.10 Å². The van der Waals surface area contributed by atoms with E-state index in [1.54, 1.807) is 17.1 Å². The van der Waals surface area contributed by atoms with Gasteiger partial charge >= 0.3 is 0 Å². The molecule has 0 saturated carbocycles. The van der Waals surface area contributed by atoms with Crippen LogP contribution >= 0.6 is 15.9 Å². The third kappa shape index (κ3) is 3.31. The fraction of sp³-hybridized carbons (Fsp3) is 0. The van der Waals surface area contributed by atoms with Gasteiger partial charge in [-0.15, -0.1) is 0 Å². The van der Waals surface area contributed by atoms with Crippen molar-refractivity contribution in [2.45, 2.75) is 0 Å². The first-order valence-corrected chi connectivity index (χ1v) is 10.1. The fourth-order valence-corrected chi connectivity index (χ4v) is 3.84. The van der Waals surface area contributed by atoms with Crippen LogP contribution in [0.1, 0.15) is 10.4 Å². The van der Waals surface area contributed by atoms with E-state index in [1.165, 1.54) is 0 Å². The van der Waals surface area contributed by atoms with E-state index in [1.807, 2.05) is 66.7 Å². The molecule has 144 valence electrons. The quantitative estimate of drug-likeness (QED) is 0.325. The van der Waals surface area contributed by atoms with Gasteiger partial charge in [0.2, 0.25) is 0 Å². The lowest BCUT2D eigenvalue weighted by Gasteiger charge is -2.10. The Morgan fingerprint density at radius 1 is 0.900 bits per heavy atom. The summed E-state index contributed by atoms with van der Waals surface area (Å²) in [5.41, 5.74) is 4.50. The van der Waals surface area contributed by atoms with Crippen LogP contribution < -0.4 is 0 Å². The van der Waals surface area contributed by atoms with Crippen LogP contribution in [0, 0.1) is 0 Å². The molecule has 5 nitrogen and oxygen atoms in total. The summed E-state index contributed by atoms with van der Waals surface area (Å²) in [6, 6.07) is 23.7. The molecule has 0 amide bonds. The molecule has 0 aliphatic rings. The van der Waals surface area contributed by atoms with E-state index < -0.39 is 0 Å². The zero-order chi connectivity index (χ0) is 20.5. The fourth-order valence-electron chi connectivity index (χ4n) is 3.44. The topological polar surface area (TPSA) is 60.7 Å². The largest absolute Gasteiger partial charge is 0.298 e. The first-order valence-electron chi connectivity index (χ1n) is 9.35. The maximum absolute atomic E-state index is 11.8. The molecule has 0 aliphatic carbocycles. The van der Waals surface area contributed by atoms with E-state index in [2.05, 4.69) is 27.0 Å². The monoisotopic (exact) mass is 454 g/mol. The van der Waals surface area contributed by atoms with Crippen LogP contribution in [-0.4, -0.2) is 26.0 Å². The molecule has 0 saturated heterocycles. The van der Waals surface area contributed by atoms with Crippen LogP contribution in [0.5, 0.6) is 0 Å². The molecular formula is C24H15BrN4O. The van der Waals surface area contributed by atoms with Crippen molar-refractivity contribution in [2.24, 2.45) is 0 Å². The molecule has 0 atom stereocenters. The lowest BCUT2D eigenvalue weighted by atomic mass is 10.1. The van der Waals surface area contributed by atoms with Gasteiger partial charge in [-0.25, -0.2) is 14.6 Å². The van der Waals surface area contributed by atoms with Crippen LogP contribution in [0.25, 0.3) is 39.2 Å². The Hall–Kier alpha value is -3.64. The molecule has 3 aromatic heterocycles. The molecule has 0 spiro atoms. The SMILES string of the molecule is O=Cc1cn(-c2nc3ncccc3cc2-c2ccccc2)nc1-c1cccc(Br)c1. The minimum atomic E-state index is 0.495. The number of halogens is 1. The third-order valence-corrected chi connectivity index (χ3v) is 5.33. The highest BCUT2D eigenvalue weighted by Gasteiger charge is 2.17. The zero-order valence-electron chi connectivity index (χ0n) is 15.7. The van der Waals surface area contributed by atoms with E-state index in [0.29, 0.717) is 22.7 Å². The smallest absolute Gasteiger partial charge is 0.163 e. The van der Waals surface area contributed by atoms with Gasteiger partial charge in [0.1, 0.15) is 5.69 Å². The third-order valence-electron chi connectivity index (χ3n) is 4.84. The molecule has 5 rings (SSSR count). The van der Waals surface area contributed by atoms with Crippen molar-refractivity contribution in [3.63, 3.8) is 0 Å². The first kappa shape index (κ1) is 18.4. The van der Waals surface area contributed by atoms with Gasteiger partial charge in [0, 0.05) is 33.4 Å². The maximum atomic E-state index is 11.8. The normalized spacial score (nSPS) is 11.0. The predicted octanol–water partition coefficient (Wildman–Crippen LogP) is 5.72. The minimum Gasteiger partial charge on any atom is -0.298 e. The predicted molar refractivity (Wildman–Crippen MR) is 121 cm³/mol. The minimum absolute atomic E-state index is 0.495. The second kappa shape index (κ2) is 7.65. The van der Waals surface area contributed by atoms with Crippen molar-refractivity contribution in [1.29, 1.82) is 0 Å². The van der Waals surface area contributed by atoms with Crippen molar-refractivity contribution in [2.75, 3.05) is 0 Å². The highest BCUT2D eigenvalue weighted by atomic mass is 79.9. The Bertz CT molecular complexity index is 1380. The molecule has 0 fully saturated rings. The lowest BCUT2D eigenvalue weighted by Crippen LogP contribution is -2.02. The second-order valence-electron chi connectivity index (χ2n) is 6.78. The van der Waals surface area contributed by atoms with Gasteiger partial charge in [-0.05, 0) is 35.9 Å². The Labute approximate surface area is 181 Å². The van der Waals surface area contributed by atoms with Gasteiger partial charge < -0.3 is 0 Å². The van der Waals surface area contributed by atoms with Gasteiger partial charge in [-0.3, -0.25) is 4.79 Å². The summed E-state index contributed by atoms with van der Waals surface area (Å²) in [7, 11) is 0. The number of fused-ring (bicyclic) bond motifs is 1. The number of rotatable bonds is 4. The standard InChI is InChI=1S/C24H15BrN4O/c25-20-10-4-8-17(12-20)22-19(15-30)14-29(28-22)24-21(16-6-2-1-3-7-16)13-18-9-5-11-26-23(18)27-24/h1-15H. The number of hydrogen-bond donors (Lipinski definition) is 0. The number of pyridine rings is 2. The van der Waals surface area contributed by atoms with E-state index >= 15 is 0 Å². The maximum Gasteiger partial charge on any atom is 0.163 e. The van der Waals surface area contributed by atoms with Crippen LogP contribution in [-0.2, 0) is 0 Å². The molecule has 0 N–H and O–H groups in total. The van der Waals surface area contributed by atoms with E-state index in [4.69, 9.17) is 10.1 Å². The molecule has 0 aliphatic heterocycles. The van der Waals surface area contributed by atoms with Crippen molar-refractivity contribution in [3.8, 4) is 28.2 Å². The summed E-state index contributed by atoms with van der Waals surface area (Å²) in [4.78, 5) is 21.0. The second-order valence-corrected chi connectivity index (χ2v) is 7.70. The average molecular weight is 455 g/mol. The van der Waals surface area contributed by atoms with Crippen LogP contribution in [0.15, 0.2) is 89.7 Å². The zero-order valence-corrected chi connectivity index (χ0v) is 17.3. The molecule has 0 radical (unpaired) electrons.